The van der Waals surface area contributed by atoms with Crippen molar-refractivity contribution in [3.05, 3.63) is 96.7 Å². The van der Waals surface area contributed by atoms with Crippen LogP contribution in [-0.2, 0) is 0 Å². The Morgan fingerprint density at radius 3 is 2.30 bits per heavy atom. The molecule has 148 valence electrons. The summed E-state index contributed by atoms with van der Waals surface area (Å²) in [6.07, 6.45) is 1.59. The van der Waals surface area contributed by atoms with Gasteiger partial charge in [-0.05, 0) is 42.5 Å². The first-order chi connectivity index (χ1) is 14.7. The third-order valence-electron chi connectivity index (χ3n) is 4.18. The minimum Gasteiger partial charge on any atom is -0.478 e. The van der Waals surface area contributed by atoms with Gasteiger partial charge in [0.2, 0.25) is 5.95 Å². The number of ether oxygens (including phenoxy) is 1. The van der Waals surface area contributed by atoms with E-state index >= 15 is 0 Å². The summed E-state index contributed by atoms with van der Waals surface area (Å²) in [4.78, 5) is 20.1. The Labute approximate surface area is 173 Å². The van der Waals surface area contributed by atoms with E-state index in [-0.39, 0.29) is 5.56 Å². The number of rotatable bonds is 7. The lowest BCUT2D eigenvalue weighted by Crippen LogP contribution is -2.05. The van der Waals surface area contributed by atoms with E-state index < -0.39 is 5.97 Å². The molecular formula is C23H18N4O3. The second-order valence-corrected chi connectivity index (χ2v) is 6.28. The van der Waals surface area contributed by atoms with E-state index in [0.717, 1.165) is 0 Å². The number of para-hydroxylation sites is 4. The number of carboxylic acids is 1. The molecule has 0 aliphatic rings. The van der Waals surface area contributed by atoms with Gasteiger partial charge in [-0.25, -0.2) is 9.78 Å². The van der Waals surface area contributed by atoms with Crippen molar-refractivity contribution in [1.29, 1.82) is 0 Å². The number of hydrogen-bond donors (Lipinski definition) is 3. The van der Waals surface area contributed by atoms with E-state index in [2.05, 4.69) is 20.6 Å². The SMILES string of the molecule is O=C(O)c1ccccc1Nc1ccnc(Nc2ccccc2Oc2ccccc2)n1. The number of aromatic carboxylic acids is 1. The van der Waals surface area contributed by atoms with Crippen LogP contribution in [0.2, 0.25) is 0 Å². The quantitative estimate of drug-likeness (QED) is 0.381. The smallest absolute Gasteiger partial charge is 0.337 e. The molecule has 0 unspecified atom stereocenters. The predicted molar refractivity (Wildman–Crippen MR) is 115 cm³/mol. The van der Waals surface area contributed by atoms with Gasteiger partial charge >= 0.3 is 5.97 Å². The maximum absolute atomic E-state index is 11.4. The molecule has 0 saturated heterocycles. The Morgan fingerprint density at radius 1 is 0.800 bits per heavy atom. The maximum Gasteiger partial charge on any atom is 0.337 e. The Bertz CT molecular complexity index is 1170. The zero-order valence-corrected chi connectivity index (χ0v) is 15.8. The van der Waals surface area contributed by atoms with E-state index in [1.165, 1.54) is 6.07 Å². The first-order valence-corrected chi connectivity index (χ1v) is 9.20. The molecule has 4 rings (SSSR count). The Kier molecular flexibility index (Phi) is 5.52. The molecule has 7 heteroatoms. The molecular weight excluding hydrogens is 380 g/mol. The van der Waals surface area contributed by atoms with Gasteiger partial charge < -0.3 is 20.5 Å². The fraction of sp³-hybridized carbons (Fsp3) is 0. The molecule has 1 heterocycles. The van der Waals surface area contributed by atoms with Gasteiger partial charge in [-0.15, -0.1) is 0 Å². The van der Waals surface area contributed by atoms with Gasteiger partial charge in [0.15, 0.2) is 5.75 Å². The molecule has 3 aromatic carbocycles. The fourth-order valence-corrected chi connectivity index (χ4v) is 2.80. The van der Waals surface area contributed by atoms with E-state index in [1.54, 1.807) is 30.5 Å². The highest BCUT2D eigenvalue weighted by molar-refractivity contribution is 5.95. The summed E-state index contributed by atoms with van der Waals surface area (Å²) in [6.45, 7) is 0. The van der Waals surface area contributed by atoms with Gasteiger partial charge in [-0.3, -0.25) is 0 Å². The average molecular weight is 398 g/mol. The second kappa shape index (κ2) is 8.74. The normalized spacial score (nSPS) is 10.3. The molecule has 3 N–H and O–H groups in total. The first-order valence-electron chi connectivity index (χ1n) is 9.20. The number of hydrogen-bond acceptors (Lipinski definition) is 6. The van der Waals surface area contributed by atoms with E-state index in [1.807, 2.05) is 54.6 Å². The topological polar surface area (TPSA) is 96.4 Å². The number of anilines is 4. The van der Waals surface area contributed by atoms with Crippen LogP contribution in [0.5, 0.6) is 11.5 Å². The highest BCUT2D eigenvalue weighted by Crippen LogP contribution is 2.31. The van der Waals surface area contributed by atoms with Crippen LogP contribution in [0.1, 0.15) is 10.4 Å². The van der Waals surface area contributed by atoms with Crippen LogP contribution in [0.3, 0.4) is 0 Å². The van der Waals surface area contributed by atoms with Gasteiger partial charge in [0.1, 0.15) is 11.6 Å². The van der Waals surface area contributed by atoms with Crippen molar-refractivity contribution in [3.8, 4) is 11.5 Å². The summed E-state index contributed by atoms with van der Waals surface area (Å²) in [5.41, 5.74) is 1.30. The third-order valence-corrected chi connectivity index (χ3v) is 4.18. The van der Waals surface area contributed by atoms with Crippen molar-refractivity contribution in [3.63, 3.8) is 0 Å². The van der Waals surface area contributed by atoms with Crippen LogP contribution in [0.4, 0.5) is 23.1 Å². The number of carbonyl (C=O) groups is 1. The molecule has 1 aromatic heterocycles. The monoisotopic (exact) mass is 398 g/mol. The second-order valence-electron chi connectivity index (χ2n) is 6.28. The van der Waals surface area contributed by atoms with Crippen molar-refractivity contribution in [2.75, 3.05) is 10.6 Å². The van der Waals surface area contributed by atoms with Gasteiger partial charge in [-0.2, -0.15) is 4.98 Å². The Balaban J connectivity index is 1.55. The van der Waals surface area contributed by atoms with Crippen LogP contribution in [0.25, 0.3) is 0 Å². The minimum absolute atomic E-state index is 0.159. The van der Waals surface area contributed by atoms with E-state index in [4.69, 9.17) is 4.74 Å². The number of carboxylic acid groups (broad SMARTS) is 1. The summed E-state index contributed by atoms with van der Waals surface area (Å²) >= 11 is 0. The number of nitrogens with one attached hydrogen (secondary N) is 2. The lowest BCUT2D eigenvalue weighted by Gasteiger charge is -2.13. The lowest BCUT2D eigenvalue weighted by atomic mass is 10.2. The summed E-state index contributed by atoms with van der Waals surface area (Å²) in [5, 5.41) is 15.5. The molecule has 7 nitrogen and oxygen atoms in total. The van der Waals surface area contributed by atoms with Crippen LogP contribution in [0, 0.1) is 0 Å². The summed E-state index contributed by atoms with van der Waals surface area (Å²) in [7, 11) is 0. The van der Waals surface area contributed by atoms with Gasteiger partial charge in [0.05, 0.1) is 16.9 Å². The summed E-state index contributed by atoms with van der Waals surface area (Å²) in [5.74, 6) is 1.13. The van der Waals surface area contributed by atoms with Crippen molar-refractivity contribution in [1.82, 2.24) is 9.97 Å². The fourth-order valence-electron chi connectivity index (χ4n) is 2.80. The molecule has 0 aliphatic heterocycles. The number of benzene rings is 3. The van der Waals surface area contributed by atoms with Crippen molar-refractivity contribution >= 4 is 29.1 Å². The third kappa shape index (κ3) is 4.53. The number of nitrogens with zero attached hydrogens (tertiary/aromatic N) is 2. The summed E-state index contributed by atoms with van der Waals surface area (Å²) < 4.78 is 5.95. The van der Waals surface area contributed by atoms with Gasteiger partial charge in [0, 0.05) is 6.20 Å². The lowest BCUT2D eigenvalue weighted by molar-refractivity contribution is 0.0698. The van der Waals surface area contributed by atoms with Crippen molar-refractivity contribution in [2.45, 2.75) is 0 Å². The first kappa shape index (κ1) is 18.9. The summed E-state index contributed by atoms with van der Waals surface area (Å²) in [6, 6.07) is 25.2. The largest absolute Gasteiger partial charge is 0.478 e. The Hall–Kier alpha value is -4.39. The molecule has 30 heavy (non-hydrogen) atoms. The van der Waals surface area contributed by atoms with Gasteiger partial charge in [0.25, 0.3) is 0 Å². The maximum atomic E-state index is 11.4. The van der Waals surface area contributed by atoms with Crippen LogP contribution in [0.15, 0.2) is 91.1 Å². The Morgan fingerprint density at radius 2 is 1.50 bits per heavy atom. The van der Waals surface area contributed by atoms with E-state index in [9.17, 15) is 9.90 Å². The average Bonchev–Trinajstić information content (AvgIpc) is 2.76. The minimum atomic E-state index is -1.02. The standard InChI is InChI=1S/C23H18N4O3/c28-22(29)17-10-4-5-11-18(17)25-21-14-15-24-23(27-21)26-19-12-6-7-13-20(19)30-16-8-2-1-3-9-16/h1-15H,(H,28,29)(H2,24,25,26,27). The molecule has 0 saturated carbocycles. The molecule has 0 amide bonds. The van der Waals surface area contributed by atoms with E-state index in [0.29, 0.717) is 34.6 Å². The molecule has 0 aliphatic carbocycles. The highest BCUT2D eigenvalue weighted by atomic mass is 16.5. The molecule has 0 fully saturated rings. The van der Waals surface area contributed by atoms with Crippen LogP contribution >= 0.6 is 0 Å². The van der Waals surface area contributed by atoms with Crippen molar-refractivity contribution < 1.29 is 14.6 Å². The molecule has 0 spiro atoms. The number of aromatic nitrogens is 2. The molecule has 0 bridgehead atoms. The zero-order chi connectivity index (χ0) is 20.8. The van der Waals surface area contributed by atoms with Crippen LogP contribution < -0.4 is 15.4 Å². The highest BCUT2D eigenvalue weighted by Gasteiger charge is 2.11. The molecule has 0 atom stereocenters. The molecule has 0 radical (unpaired) electrons. The predicted octanol–water partition coefficient (Wildman–Crippen LogP) is 5.45. The van der Waals surface area contributed by atoms with Crippen molar-refractivity contribution in [2.24, 2.45) is 0 Å². The molecule has 4 aromatic rings. The van der Waals surface area contributed by atoms with Gasteiger partial charge in [-0.1, -0.05) is 42.5 Å². The van der Waals surface area contributed by atoms with Crippen LogP contribution in [-0.4, -0.2) is 21.0 Å². The zero-order valence-electron chi connectivity index (χ0n) is 15.8.